The number of amides is 1. The van der Waals surface area contributed by atoms with E-state index < -0.39 is 5.91 Å². The molecule has 0 aliphatic heterocycles. The number of nitrogens with zero attached hydrogens (tertiary/aromatic N) is 2. The Kier molecular flexibility index (Phi) is 5.43. The van der Waals surface area contributed by atoms with E-state index >= 15 is 0 Å². The van der Waals surface area contributed by atoms with E-state index in [1.54, 1.807) is 22.8 Å². The first kappa shape index (κ1) is 18.3. The summed E-state index contributed by atoms with van der Waals surface area (Å²) in [5.41, 5.74) is 0.969. The van der Waals surface area contributed by atoms with E-state index in [9.17, 15) is 4.79 Å². The SMILES string of the molecule is C#CCn1c(=NC(=O)c2cc(Cl)cc(Cl)c2)sc2cc(Cl)cc(Cl)c21. The van der Waals surface area contributed by atoms with E-state index in [0.717, 1.165) is 4.70 Å². The van der Waals surface area contributed by atoms with Gasteiger partial charge < -0.3 is 4.57 Å². The van der Waals surface area contributed by atoms with Crippen LogP contribution in [-0.4, -0.2) is 10.5 Å². The Bertz CT molecular complexity index is 1090. The molecular weight excluding hydrogens is 422 g/mol. The van der Waals surface area contributed by atoms with Crippen LogP contribution in [-0.2, 0) is 6.54 Å². The van der Waals surface area contributed by atoms with Crippen molar-refractivity contribution in [2.24, 2.45) is 4.99 Å². The molecule has 0 saturated carbocycles. The Morgan fingerprint density at radius 1 is 1.08 bits per heavy atom. The molecule has 3 aromatic rings. The van der Waals surface area contributed by atoms with E-state index in [-0.39, 0.29) is 12.1 Å². The predicted octanol–water partition coefficient (Wildman–Crippen LogP) is 5.69. The van der Waals surface area contributed by atoms with E-state index in [2.05, 4.69) is 10.9 Å². The number of carbonyl (C=O) groups is 1. The number of benzene rings is 2. The van der Waals surface area contributed by atoms with Crippen LogP contribution in [0, 0.1) is 12.3 Å². The standard InChI is InChI=1S/C17H8Cl4N2OS/c1-2-3-23-15-13(21)7-12(20)8-14(15)25-17(23)22-16(24)9-4-10(18)6-11(19)5-9/h1,4-8H,3H2. The number of terminal acetylenes is 1. The third-order valence-electron chi connectivity index (χ3n) is 3.25. The Morgan fingerprint density at radius 2 is 1.72 bits per heavy atom. The molecule has 0 fully saturated rings. The van der Waals surface area contributed by atoms with Crippen molar-refractivity contribution in [1.29, 1.82) is 0 Å². The lowest BCUT2D eigenvalue weighted by Gasteiger charge is -2.02. The topological polar surface area (TPSA) is 34.4 Å². The van der Waals surface area contributed by atoms with Crippen LogP contribution in [0.5, 0.6) is 0 Å². The number of thiazole rings is 1. The molecule has 1 amide bonds. The van der Waals surface area contributed by atoms with E-state index in [1.807, 2.05) is 0 Å². The number of hydrogen-bond donors (Lipinski definition) is 0. The van der Waals surface area contributed by atoms with Gasteiger partial charge in [-0.05, 0) is 30.3 Å². The van der Waals surface area contributed by atoms with Gasteiger partial charge in [0.1, 0.15) is 0 Å². The normalized spacial score (nSPS) is 11.7. The third-order valence-corrected chi connectivity index (χ3v) is 5.22. The van der Waals surface area contributed by atoms with Gasteiger partial charge in [0.05, 0.1) is 21.8 Å². The van der Waals surface area contributed by atoms with Gasteiger partial charge in [0.2, 0.25) is 0 Å². The lowest BCUT2D eigenvalue weighted by atomic mass is 10.2. The summed E-state index contributed by atoms with van der Waals surface area (Å²) in [5.74, 6) is 2.06. The van der Waals surface area contributed by atoms with Crippen LogP contribution in [0.2, 0.25) is 20.1 Å². The monoisotopic (exact) mass is 428 g/mol. The molecule has 1 heterocycles. The summed E-state index contributed by atoms with van der Waals surface area (Å²) in [4.78, 5) is 17.1. The number of hydrogen-bond acceptors (Lipinski definition) is 2. The minimum atomic E-state index is -0.482. The molecular formula is C17H8Cl4N2OS. The van der Waals surface area contributed by atoms with Crippen molar-refractivity contribution in [2.45, 2.75) is 6.54 Å². The Hall–Kier alpha value is -1.48. The highest BCUT2D eigenvalue weighted by Crippen LogP contribution is 2.29. The number of carbonyl (C=O) groups excluding carboxylic acids is 1. The largest absolute Gasteiger partial charge is 0.303 e. The van der Waals surface area contributed by atoms with Gasteiger partial charge in [-0.15, -0.1) is 6.42 Å². The fourth-order valence-corrected chi connectivity index (χ4v) is 4.62. The average Bonchev–Trinajstić information content (AvgIpc) is 2.84. The molecule has 0 atom stereocenters. The zero-order valence-electron chi connectivity index (χ0n) is 12.4. The number of fused-ring (bicyclic) bond motifs is 1. The first-order valence-corrected chi connectivity index (χ1v) is 9.19. The second-order valence-corrected chi connectivity index (χ2v) is 7.71. The van der Waals surface area contributed by atoms with Crippen molar-refractivity contribution in [2.75, 3.05) is 0 Å². The zero-order chi connectivity index (χ0) is 18.1. The fourth-order valence-electron chi connectivity index (χ4n) is 2.28. The van der Waals surface area contributed by atoms with E-state index in [4.69, 9.17) is 52.8 Å². The third kappa shape index (κ3) is 3.87. The Balaban J connectivity index is 2.22. The first-order valence-electron chi connectivity index (χ1n) is 6.86. The molecule has 0 spiro atoms. The van der Waals surface area contributed by atoms with Crippen LogP contribution in [0.4, 0.5) is 0 Å². The van der Waals surface area contributed by atoms with Gasteiger partial charge in [-0.3, -0.25) is 4.79 Å². The lowest BCUT2D eigenvalue weighted by molar-refractivity contribution is 0.0998. The molecule has 1 aromatic heterocycles. The molecule has 0 aliphatic carbocycles. The van der Waals surface area contributed by atoms with Gasteiger partial charge in [-0.25, -0.2) is 0 Å². The van der Waals surface area contributed by atoms with Crippen molar-refractivity contribution in [1.82, 2.24) is 4.57 Å². The molecule has 25 heavy (non-hydrogen) atoms. The van der Waals surface area contributed by atoms with Gasteiger partial charge in [0, 0.05) is 20.6 Å². The maximum absolute atomic E-state index is 12.5. The van der Waals surface area contributed by atoms with Crippen LogP contribution in [0.15, 0.2) is 35.3 Å². The van der Waals surface area contributed by atoms with Crippen LogP contribution in [0.25, 0.3) is 10.2 Å². The molecule has 0 saturated heterocycles. The number of aromatic nitrogens is 1. The first-order chi connectivity index (χ1) is 11.9. The van der Waals surface area contributed by atoms with E-state index in [0.29, 0.717) is 30.4 Å². The quantitative estimate of drug-likeness (QED) is 0.481. The number of rotatable bonds is 2. The van der Waals surface area contributed by atoms with Crippen molar-refractivity contribution in [3.63, 3.8) is 0 Å². The maximum atomic E-state index is 12.5. The minimum absolute atomic E-state index is 0.212. The number of halogens is 4. The van der Waals surface area contributed by atoms with Crippen LogP contribution < -0.4 is 4.80 Å². The molecule has 0 radical (unpaired) electrons. The molecule has 126 valence electrons. The van der Waals surface area contributed by atoms with Gasteiger partial charge >= 0.3 is 0 Å². The van der Waals surface area contributed by atoms with Crippen LogP contribution >= 0.6 is 57.7 Å². The lowest BCUT2D eigenvalue weighted by Crippen LogP contribution is -2.16. The highest BCUT2D eigenvalue weighted by atomic mass is 35.5. The molecule has 0 aliphatic rings. The molecule has 8 heteroatoms. The summed E-state index contributed by atoms with van der Waals surface area (Å²) in [6.45, 7) is 0.212. The second-order valence-electron chi connectivity index (χ2n) is 4.98. The summed E-state index contributed by atoms with van der Waals surface area (Å²) in [7, 11) is 0. The molecule has 3 rings (SSSR count). The van der Waals surface area contributed by atoms with Gasteiger partial charge in [0.15, 0.2) is 4.80 Å². The molecule has 0 unspecified atom stereocenters. The van der Waals surface area contributed by atoms with Crippen LogP contribution in [0.1, 0.15) is 10.4 Å². The van der Waals surface area contributed by atoms with Crippen molar-refractivity contribution in [3.05, 3.63) is 60.8 Å². The Labute approximate surface area is 167 Å². The highest BCUT2D eigenvalue weighted by molar-refractivity contribution is 7.16. The molecule has 0 bridgehead atoms. The summed E-state index contributed by atoms with van der Waals surface area (Å²) in [6.07, 6.45) is 5.44. The highest BCUT2D eigenvalue weighted by Gasteiger charge is 2.13. The van der Waals surface area contributed by atoms with Crippen molar-refractivity contribution >= 4 is 73.9 Å². The van der Waals surface area contributed by atoms with Crippen molar-refractivity contribution < 1.29 is 4.79 Å². The minimum Gasteiger partial charge on any atom is -0.303 e. The summed E-state index contributed by atoms with van der Waals surface area (Å²) >= 11 is 25.5. The van der Waals surface area contributed by atoms with E-state index in [1.165, 1.54) is 23.5 Å². The van der Waals surface area contributed by atoms with Gasteiger partial charge in [0.25, 0.3) is 5.91 Å². The van der Waals surface area contributed by atoms with Crippen molar-refractivity contribution in [3.8, 4) is 12.3 Å². The van der Waals surface area contributed by atoms with Gasteiger partial charge in [-0.2, -0.15) is 4.99 Å². The van der Waals surface area contributed by atoms with Crippen LogP contribution in [0.3, 0.4) is 0 Å². The Morgan fingerprint density at radius 3 is 2.36 bits per heavy atom. The molecule has 3 nitrogen and oxygen atoms in total. The molecule has 0 N–H and O–H groups in total. The zero-order valence-corrected chi connectivity index (χ0v) is 16.2. The summed E-state index contributed by atoms with van der Waals surface area (Å²) in [6, 6.07) is 7.91. The predicted molar refractivity (Wildman–Crippen MR) is 105 cm³/mol. The smallest absolute Gasteiger partial charge is 0.279 e. The second kappa shape index (κ2) is 7.41. The average molecular weight is 430 g/mol. The summed E-state index contributed by atoms with van der Waals surface area (Å²) in [5, 5.41) is 1.64. The fraction of sp³-hybridized carbons (Fsp3) is 0.0588. The van der Waals surface area contributed by atoms with Gasteiger partial charge in [-0.1, -0.05) is 63.7 Å². The molecule has 2 aromatic carbocycles. The summed E-state index contributed by atoms with van der Waals surface area (Å²) < 4.78 is 2.48. The maximum Gasteiger partial charge on any atom is 0.279 e.